The van der Waals surface area contributed by atoms with Crippen LogP contribution in [0.5, 0.6) is 0 Å². The second-order valence-corrected chi connectivity index (χ2v) is 3.03. The van der Waals surface area contributed by atoms with Gasteiger partial charge in [0.2, 0.25) is 0 Å². The van der Waals surface area contributed by atoms with Gasteiger partial charge in [-0.25, -0.2) is 4.79 Å². The predicted octanol–water partition coefficient (Wildman–Crippen LogP) is 0.0608. The second kappa shape index (κ2) is 3.09. The molecule has 0 aromatic heterocycles. The van der Waals surface area contributed by atoms with E-state index >= 15 is 0 Å². The van der Waals surface area contributed by atoms with Crippen molar-refractivity contribution in [1.29, 1.82) is 0 Å². The van der Waals surface area contributed by atoms with Crippen LogP contribution >= 0.6 is 0 Å². The Hall–Kier alpha value is -2.37. The number of amides is 4. The fraction of sp³-hybridized carbons (Fsp3) is 0. The molecule has 4 amide bonds. The molecular weight excluding hydrogens is 198 g/mol. The quantitative estimate of drug-likeness (QED) is 0.565. The molecule has 0 unspecified atom stereocenters. The van der Waals surface area contributed by atoms with Crippen molar-refractivity contribution in [2.45, 2.75) is 0 Å². The topological polar surface area (TPSA) is 101 Å². The molecule has 0 saturated heterocycles. The number of urea groups is 1. The summed E-state index contributed by atoms with van der Waals surface area (Å²) in [5.41, 5.74) is 5.84. The zero-order chi connectivity index (χ0) is 11.0. The van der Waals surface area contributed by atoms with Crippen LogP contribution in [0.25, 0.3) is 0 Å². The van der Waals surface area contributed by atoms with Crippen molar-refractivity contribution in [3.05, 3.63) is 29.3 Å². The molecule has 1 aliphatic rings. The molecule has 0 fully saturated rings. The van der Waals surface area contributed by atoms with Crippen molar-refractivity contribution >= 4 is 23.5 Å². The molecule has 0 radical (unpaired) electrons. The van der Waals surface area contributed by atoms with Crippen LogP contribution in [0.3, 0.4) is 0 Å². The standard InChI is InChI=1S/C9H7N3O3/c10-9(15)11-4-1-2-5-6(3-4)8(14)12-7(5)13/h1-3H,(H3,10,11,15)(H,12,13,14). The highest BCUT2D eigenvalue weighted by Crippen LogP contribution is 2.19. The third-order valence-corrected chi connectivity index (χ3v) is 2.00. The highest BCUT2D eigenvalue weighted by Gasteiger charge is 2.26. The van der Waals surface area contributed by atoms with Gasteiger partial charge >= 0.3 is 6.03 Å². The molecule has 0 spiro atoms. The fourth-order valence-corrected chi connectivity index (χ4v) is 1.39. The predicted molar refractivity (Wildman–Crippen MR) is 51.4 cm³/mol. The number of hydrogen-bond donors (Lipinski definition) is 3. The summed E-state index contributed by atoms with van der Waals surface area (Å²) in [6.07, 6.45) is 0. The fourth-order valence-electron chi connectivity index (χ4n) is 1.39. The third-order valence-electron chi connectivity index (χ3n) is 2.00. The lowest BCUT2D eigenvalue weighted by atomic mass is 10.1. The molecule has 0 aliphatic carbocycles. The second-order valence-electron chi connectivity index (χ2n) is 3.03. The van der Waals surface area contributed by atoms with Crippen LogP contribution in [0.15, 0.2) is 18.2 Å². The van der Waals surface area contributed by atoms with Gasteiger partial charge in [0.1, 0.15) is 0 Å². The van der Waals surface area contributed by atoms with Crippen LogP contribution in [0.4, 0.5) is 10.5 Å². The number of nitrogens with one attached hydrogen (secondary N) is 2. The van der Waals surface area contributed by atoms with Gasteiger partial charge in [-0.2, -0.15) is 0 Å². The average molecular weight is 205 g/mol. The minimum absolute atomic E-state index is 0.242. The van der Waals surface area contributed by atoms with E-state index in [1.54, 1.807) is 0 Å². The summed E-state index contributed by atoms with van der Waals surface area (Å²) in [6, 6.07) is 3.64. The maximum absolute atomic E-state index is 11.2. The molecule has 4 N–H and O–H groups in total. The monoisotopic (exact) mass is 205 g/mol. The SMILES string of the molecule is NC(=O)Nc1ccc2c(c1)C(=O)NC2=O. The maximum atomic E-state index is 11.2. The molecule has 15 heavy (non-hydrogen) atoms. The molecule has 6 heteroatoms. The van der Waals surface area contributed by atoms with E-state index < -0.39 is 17.8 Å². The number of imide groups is 1. The van der Waals surface area contributed by atoms with Gasteiger partial charge in [-0.15, -0.1) is 0 Å². The van der Waals surface area contributed by atoms with Crippen molar-refractivity contribution in [3.63, 3.8) is 0 Å². The third kappa shape index (κ3) is 1.52. The van der Waals surface area contributed by atoms with Gasteiger partial charge in [0.15, 0.2) is 0 Å². The van der Waals surface area contributed by atoms with Crippen LogP contribution in [0.1, 0.15) is 20.7 Å². The number of hydrogen-bond acceptors (Lipinski definition) is 3. The lowest BCUT2D eigenvalue weighted by Gasteiger charge is -2.02. The first kappa shape index (κ1) is 9.20. The number of anilines is 1. The number of rotatable bonds is 1. The van der Waals surface area contributed by atoms with E-state index in [-0.39, 0.29) is 5.56 Å². The molecule has 0 saturated carbocycles. The lowest BCUT2D eigenvalue weighted by molar-refractivity contribution is 0.0879. The van der Waals surface area contributed by atoms with Gasteiger partial charge in [-0.3, -0.25) is 14.9 Å². The van der Waals surface area contributed by atoms with E-state index in [1.165, 1.54) is 18.2 Å². The lowest BCUT2D eigenvalue weighted by Crippen LogP contribution is -2.20. The Morgan fingerprint density at radius 2 is 1.87 bits per heavy atom. The molecule has 2 rings (SSSR count). The molecule has 76 valence electrons. The molecule has 1 aliphatic heterocycles. The van der Waals surface area contributed by atoms with Crippen LogP contribution in [-0.2, 0) is 0 Å². The van der Waals surface area contributed by atoms with Crippen molar-refractivity contribution in [2.75, 3.05) is 5.32 Å². The smallest absolute Gasteiger partial charge is 0.316 e. The highest BCUT2D eigenvalue weighted by atomic mass is 16.2. The van der Waals surface area contributed by atoms with Crippen molar-refractivity contribution in [1.82, 2.24) is 5.32 Å². The van der Waals surface area contributed by atoms with Gasteiger partial charge in [0.05, 0.1) is 11.1 Å². The van der Waals surface area contributed by atoms with E-state index in [2.05, 4.69) is 10.6 Å². The summed E-state index contributed by atoms with van der Waals surface area (Å²) in [7, 11) is 0. The van der Waals surface area contributed by atoms with E-state index in [0.29, 0.717) is 11.3 Å². The van der Waals surface area contributed by atoms with Gasteiger partial charge < -0.3 is 11.1 Å². The summed E-state index contributed by atoms with van der Waals surface area (Å²) in [6.45, 7) is 0. The van der Waals surface area contributed by atoms with Crippen LogP contribution in [-0.4, -0.2) is 17.8 Å². The summed E-state index contributed by atoms with van der Waals surface area (Å²) < 4.78 is 0. The molecule has 0 atom stereocenters. The molecule has 0 bridgehead atoms. The summed E-state index contributed by atoms with van der Waals surface area (Å²) in [5, 5.41) is 4.46. The van der Waals surface area contributed by atoms with Gasteiger partial charge in [0, 0.05) is 5.69 Å². The van der Waals surface area contributed by atoms with Crippen molar-refractivity contribution < 1.29 is 14.4 Å². The Labute approximate surface area is 84.4 Å². The van der Waals surface area contributed by atoms with Crippen LogP contribution < -0.4 is 16.4 Å². The highest BCUT2D eigenvalue weighted by molar-refractivity contribution is 6.21. The minimum Gasteiger partial charge on any atom is -0.351 e. The normalized spacial score (nSPS) is 13.3. The molecular formula is C9H7N3O3. The van der Waals surface area contributed by atoms with Crippen molar-refractivity contribution in [3.8, 4) is 0 Å². The van der Waals surface area contributed by atoms with Crippen LogP contribution in [0, 0.1) is 0 Å². The van der Waals surface area contributed by atoms with E-state index in [4.69, 9.17) is 5.73 Å². The van der Waals surface area contributed by atoms with Crippen LogP contribution in [0.2, 0.25) is 0 Å². The number of benzene rings is 1. The maximum Gasteiger partial charge on any atom is 0.316 e. The Kier molecular flexibility index (Phi) is 1.89. The molecule has 6 nitrogen and oxygen atoms in total. The Balaban J connectivity index is 2.42. The average Bonchev–Trinajstić information content (AvgIpc) is 2.41. The number of carbonyl (C=O) groups is 3. The number of nitrogens with two attached hydrogens (primary N) is 1. The van der Waals surface area contributed by atoms with E-state index in [1.807, 2.05) is 0 Å². The molecule has 1 aromatic carbocycles. The summed E-state index contributed by atoms with van der Waals surface area (Å²) >= 11 is 0. The number of primary amides is 1. The van der Waals surface area contributed by atoms with E-state index in [9.17, 15) is 14.4 Å². The molecule has 1 heterocycles. The zero-order valence-corrected chi connectivity index (χ0v) is 7.53. The largest absolute Gasteiger partial charge is 0.351 e. The molecule has 1 aromatic rings. The summed E-state index contributed by atoms with van der Waals surface area (Å²) in [4.78, 5) is 33.0. The van der Waals surface area contributed by atoms with Gasteiger partial charge in [-0.1, -0.05) is 0 Å². The first-order valence-corrected chi connectivity index (χ1v) is 4.14. The number of carbonyl (C=O) groups excluding carboxylic acids is 3. The Bertz CT molecular complexity index is 481. The zero-order valence-electron chi connectivity index (χ0n) is 7.53. The van der Waals surface area contributed by atoms with Gasteiger partial charge in [0.25, 0.3) is 11.8 Å². The first-order chi connectivity index (χ1) is 7.08. The van der Waals surface area contributed by atoms with Crippen molar-refractivity contribution in [2.24, 2.45) is 5.73 Å². The van der Waals surface area contributed by atoms with E-state index in [0.717, 1.165) is 0 Å². The first-order valence-electron chi connectivity index (χ1n) is 4.14. The minimum atomic E-state index is -0.723. The summed E-state index contributed by atoms with van der Waals surface area (Å²) in [5.74, 6) is -0.899. The van der Waals surface area contributed by atoms with Gasteiger partial charge in [-0.05, 0) is 18.2 Å². The Morgan fingerprint density at radius 3 is 2.53 bits per heavy atom. The Morgan fingerprint density at radius 1 is 1.20 bits per heavy atom. The number of fused-ring (bicyclic) bond motifs is 1.